The van der Waals surface area contributed by atoms with Crippen molar-refractivity contribution in [3.63, 3.8) is 0 Å². The van der Waals surface area contributed by atoms with E-state index < -0.39 is 0 Å². The molecule has 2 heterocycles. The predicted molar refractivity (Wildman–Crippen MR) is 98.1 cm³/mol. The van der Waals surface area contributed by atoms with E-state index in [1.54, 1.807) is 22.7 Å². The molecule has 0 N–H and O–H groups in total. The Balaban J connectivity index is 1.80. The maximum atomic E-state index is 4.79. The van der Waals surface area contributed by atoms with E-state index in [2.05, 4.69) is 76.6 Å². The number of hydrogen-bond donors (Lipinski definition) is 0. The first-order valence-electron chi connectivity index (χ1n) is 6.51. The molecule has 2 aromatic carbocycles. The van der Waals surface area contributed by atoms with E-state index in [-0.39, 0.29) is 0 Å². The molecule has 0 atom stereocenters. The second-order valence-corrected chi connectivity index (χ2v) is 8.22. The van der Waals surface area contributed by atoms with Crippen LogP contribution in [0, 0.1) is 0 Å². The van der Waals surface area contributed by atoms with Gasteiger partial charge in [-0.15, -0.1) is 22.7 Å². The molecule has 21 heavy (non-hydrogen) atoms. The third-order valence-electron chi connectivity index (χ3n) is 3.28. The Morgan fingerprint density at radius 2 is 1.81 bits per heavy atom. The van der Waals surface area contributed by atoms with E-state index in [0.29, 0.717) is 0 Å². The molecule has 0 saturated carbocycles. The number of aromatic nitrogens is 1. The minimum absolute atomic E-state index is 1.05. The summed E-state index contributed by atoms with van der Waals surface area (Å²) in [4.78, 5) is 6.02. The molecular formula is C17H10BrNS2. The van der Waals surface area contributed by atoms with E-state index >= 15 is 0 Å². The minimum atomic E-state index is 1.05. The zero-order chi connectivity index (χ0) is 14.2. The lowest BCUT2D eigenvalue weighted by Crippen LogP contribution is -1.74. The summed E-state index contributed by atoms with van der Waals surface area (Å²) < 4.78 is 2.39. The van der Waals surface area contributed by atoms with Crippen LogP contribution in [0.15, 0.2) is 52.3 Å². The van der Waals surface area contributed by atoms with Gasteiger partial charge in [0.1, 0.15) is 5.01 Å². The molecule has 0 spiro atoms. The Morgan fingerprint density at radius 3 is 2.67 bits per heavy atom. The highest BCUT2D eigenvalue weighted by molar-refractivity contribution is 9.11. The van der Waals surface area contributed by atoms with E-state index in [1.807, 2.05) is 0 Å². The number of fused-ring (bicyclic) bond motifs is 3. The first kappa shape index (κ1) is 13.2. The number of thiophene rings is 1. The molecule has 4 heteroatoms. The SMILES string of the molecule is Brc1ccc(/C=C/c2nc3c(ccc4ccccc43)s2)s1. The van der Waals surface area contributed by atoms with Crippen LogP contribution < -0.4 is 0 Å². The normalized spacial score (nSPS) is 11.9. The number of thiazole rings is 1. The number of hydrogen-bond acceptors (Lipinski definition) is 3. The van der Waals surface area contributed by atoms with E-state index in [4.69, 9.17) is 4.98 Å². The van der Waals surface area contributed by atoms with Crippen molar-refractivity contribution in [1.29, 1.82) is 0 Å². The third-order valence-corrected chi connectivity index (χ3v) is 5.86. The summed E-state index contributed by atoms with van der Waals surface area (Å²) >= 11 is 6.94. The van der Waals surface area contributed by atoms with Gasteiger partial charge in [-0.3, -0.25) is 0 Å². The van der Waals surface area contributed by atoms with Crippen molar-refractivity contribution in [3.8, 4) is 0 Å². The van der Waals surface area contributed by atoms with Crippen molar-refractivity contribution in [1.82, 2.24) is 4.98 Å². The average molecular weight is 372 g/mol. The molecule has 0 saturated heterocycles. The van der Waals surface area contributed by atoms with Crippen LogP contribution in [0.4, 0.5) is 0 Å². The van der Waals surface area contributed by atoms with Crippen LogP contribution in [-0.4, -0.2) is 4.98 Å². The zero-order valence-corrected chi connectivity index (χ0v) is 14.1. The predicted octanol–water partition coefficient (Wildman–Crippen LogP) is 6.44. The number of nitrogens with zero attached hydrogens (tertiary/aromatic N) is 1. The molecule has 0 aliphatic carbocycles. The van der Waals surface area contributed by atoms with Crippen LogP contribution in [0.1, 0.15) is 9.88 Å². The monoisotopic (exact) mass is 371 g/mol. The van der Waals surface area contributed by atoms with Gasteiger partial charge in [0.25, 0.3) is 0 Å². The van der Waals surface area contributed by atoms with Crippen molar-refractivity contribution in [2.24, 2.45) is 0 Å². The Hall–Kier alpha value is -1.49. The van der Waals surface area contributed by atoms with Crippen LogP contribution in [0.2, 0.25) is 0 Å². The smallest absolute Gasteiger partial charge is 0.117 e. The highest BCUT2D eigenvalue weighted by Crippen LogP contribution is 2.30. The Labute approximate surface area is 138 Å². The van der Waals surface area contributed by atoms with Crippen molar-refractivity contribution < 1.29 is 0 Å². The Kier molecular flexibility index (Phi) is 3.37. The van der Waals surface area contributed by atoms with Gasteiger partial charge in [-0.2, -0.15) is 0 Å². The second kappa shape index (κ2) is 5.37. The number of benzene rings is 2. The largest absolute Gasteiger partial charge is 0.236 e. The summed E-state index contributed by atoms with van der Waals surface area (Å²) in [6, 6.07) is 16.9. The molecule has 0 fully saturated rings. The molecule has 0 radical (unpaired) electrons. The summed E-state index contributed by atoms with van der Waals surface area (Å²) in [5, 5.41) is 3.52. The summed E-state index contributed by atoms with van der Waals surface area (Å²) in [5.41, 5.74) is 1.10. The van der Waals surface area contributed by atoms with Crippen LogP contribution in [0.3, 0.4) is 0 Å². The summed E-state index contributed by atoms with van der Waals surface area (Å²) in [6.45, 7) is 0. The van der Waals surface area contributed by atoms with E-state index in [0.717, 1.165) is 14.3 Å². The highest BCUT2D eigenvalue weighted by atomic mass is 79.9. The van der Waals surface area contributed by atoms with Gasteiger partial charge in [0.15, 0.2) is 0 Å². The van der Waals surface area contributed by atoms with Gasteiger partial charge in [0.05, 0.1) is 14.0 Å². The van der Waals surface area contributed by atoms with Crippen molar-refractivity contribution in [2.75, 3.05) is 0 Å². The fourth-order valence-corrected chi connectivity index (χ4v) is 4.53. The lowest BCUT2D eigenvalue weighted by atomic mass is 10.1. The zero-order valence-electron chi connectivity index (χ0n) is 10.9. The standard InChI is InChI=1S/C17H10BrNS2/c18-15-9-6-12(20-15)7-10-16-19-17-13-4-2-1-3-11(13)5-8-14(17)21-16/h1-10H/b10-7+. The van der Waals surface area contributed by atoms with Crippen molar-refractivity contribution in [2.45, 2.75) is 0 Å². The Morgan fingerprint density at radius 1 is 0.905 bits per heavy atom. The van der Waals surface area contributed by atoms with Crippen molar-refractivity contribution >= 4 is 71.7 Å². The molecule has 0 bridgehead atoms. The number of rotatable bonds is 2. The van der Waals surface area contributed by atoms with Gasteiger partial charge < -0.3 is 0 Å². The Bertz CT molecular complexity index is 965. The van der Waals surface area contributed by atoms with Crippen LogP contribution in [0.5, 0.6) is 0 Å². The van der Waals surface area contributed by atoms with Gasteiger partial charge >= 0.3 is 0 Å². The quantitative estimate of drug-likeness (QED) is 0.394. The summed E-state index contributed by atoms with van der Waals surface area (Å²) in [5.74, 6) is 0. The van der Waals surface area contributed by atoms with Gasteiger partial charge in [0.2, 0.25) is 0 Å². The molecule has 1 nitrogen and oxygen atoms in total. The molecule has 4 aromatic rings. The van der Waals surface area contributed by atoms with Gasteiger partial charge in [-0.1, -0.05) is 30.3 Å². The molecule has 0 amide bonds. The molecule has 4 rings (SSSR count). The van der Waals surface area contributed by atoms with E-state index in [1.165, 1.54) is 20.3 Å². The fraction of sp³-hybridized carbons (Fsp3) is 0. The van der Waals surface area contributed by atoms with Crippen LogP contribution in [-0.2, 0) is 0 Å². The van der Waals surface area contributed by atoms with E-state index in [9.17, 15) is 0 Å². The minimum Gasteiger partial charge on any atom is -0.236 e. The first-order valence-corrected chi connectivity index (χ1v) is 8.94. The molecule has 0 unspecified atom stereocenters. The maximum absolute atomic E-state index is 4.79. The molecular weight excluding hydrogens is 362 g/mol. The van der Waals surface area contributed by atoms with Crippen molar-refractivity contribution in [3.05, 3.63) is 62.2 Å². The molecule has 0 aliphatic rings. The summed E-state index contributed by atoms with van der Waals surface area (Å²) in [7, 11) is 0. The maximum Gasteiger partial charge on any atom is 0.117 e. The number of halogens is 1. The molecule has 0 aliphatic heterocycles. The van der Waals surface area contributed by atoms with Gasteiger partial charge in [0, 0.05) is 10.3 Å². The summed E-state index contributed by atoms with van der Waals surface area (Å²) in [6.07, 6.45) is 4.22. The topological polar surface area (TPSA) is 12.9 Å². The van der Waals surface area contributed by atoms with Gasteiger partial charge in [-0.05, 0) is 51.7 Å². The lowest BCUT2D eigenvalue weighted by molar-refractivity contribution is 1.48. The van der Waals surface area contributed by atoms with Crippen LogP contribution in [0.25, 0.3) is 33.1 Å². The average Bonchev–Trinajstić information content (AvgIpc) is 3.11. The fourth-order valence-electron chi connectivity index (χ4n) is 2.32. The third kappa shape index (κ3) is 2.55. The molecule has 102 valence electrons. The van der Waals surface area contributed by atoms with Crippen LogP contribution >= 0.6 is 38.6 Å². The van der Waals surface area contributed by atoms with Gasteiger partial charge in [-0.25, -0.2) is 4.98 Å². The first-order chi connectivity index (χ1) is 10.3. The highest BCUT2D eigenvalue weighted by Gasteiger charge is 2.05. The lowest BCUT2D eigenvalue weighted by Gasteiger charge is -1.96. The molecule has 2 aromatic heterocycles. The second-order valence-electron chi connectivity index (χ2n) is 4.66.